The summed E-state index contributed by atoms with van der Waals surface area (Å²) in [6, 6.07) is 17.6. The summed E-state index contributed by atoms with van der Waals surface area (Å²) in [6.45, 7) is 3.45. The highest BCUT2D eigenvalue weighted by Gasteiger charge is 2.61. The van der Waals surface area contributed by atoms with Crippen LogP contribution in [0.2, 0.25) is 0 Å². The number of ether oxygens (including phenoxy) is 3. The van der Waals surface area contributed by atoms with Crippen LogP contribution in [0.25, 0.3) is 0 Å². The predicted molar refractivity (Wildman–Crippen MR) is 146 cm³/mol. The highest BCUT2D eigenvalue weighted by molar-refractivity contribution is 5.92. The van der Waals surface area contributed by atoms with Gasteiger partial charge < -0.3 is 39.7 Å². The van der Waals surface area contributed by atoms with Crippen LogP contribution in [0.3, 0.4) is 0 Å². The molecule has 5 N–H and O–H groups in total. The average Bonchev–Trinajstić information content (AvgIpc) is 2.95. The highest BCUT2D eigenvalue weighted by atomic mass is 16.6. The van der Waals surface area contributed by atoms with Crippen LogP contribution >= 0.6 is 0 Å². The van der Waals surface area contributed by atoms with E-state index in [1.807, 2.05) is 0 Å². The van der Waals surface area contributed by atoms with Gasteiger partial charge in [-0.25, -0.2) is 19.2 Å². The minimum Gasteiger partial charge on any atom is -0.481 e. The third kappa shape index (κ3) is 7.26. The van der Waals surface area contributed by atoms with Gasteiger partial charge in [-0.1, -0.05) is 65.7 Å². The van der Waals surface area contributed by atoms with Crippen molar-refractivity contribution in [2.24, 2.45) is 5.92 Å². The van der Waals surface area contributed by atoms with E-state index in [9.17, 15) is 49.5 Å². The first-order valence-electron chi connectivity index (χ1n) is 12.6. The molecule has 0 saturated heterocycles. The van der Waals surface area contributed by atoms with Gasteiger partial charge in [-0.2, -0.15) is 0 Å². The van der Waals surface area contributed by atoms with Gasteiger partial charge in [-0.15, -0.1) is 0 Å². The maximum Gasteiger partial charge on any atom is 0.348 e. The van der Waals surface area contributed by atoms with E-state index in [0.717, 1.165) is 23.3 Å². The van der Waals surface area contributed by atoms with E-state index in [4.69, 9.17) is 14.2 Å². The molecule has 0 amide bonds. The van der Waals surface area contributed by atoms with Crippen LogP contribution in [-0.2, 0) is 34.3 Å². The molecule has 0 aromatic heterocycles. The fraction of sp³-hybridized carbons (Fsp3) is 0.233. The van der Waals surface area contributed by atoms with E-state index in [0.29, 0.717) is 0 Å². The Kier molecular flexibility index (Phi) is 10.1. The maximum atomic E-state index is 13.1. The summed E-state index contributed by atoms with van der Waals surface area (Å²) in [6.07, 6.45) is -7.57. The van der Waals surface area contributed by atoms with Gasteiger partial charge in [0.2, 0.25) is 23.9 Å². The lowest BCUT2D eigenvalue weighted by molar-refractivity contribution is -0.219. The summed E-state index contributed by atoms with van der Waals surface area (Å²) in [7, 11) is 0. The molecule has 0 radical (unpaired) electrons. The van der Waals surface area contributed by atoms with Crippen LogP contribution < -0.4 is 9.47 Å². The van der Waals surface area contributed by atoms with Crippen LogP contribution in [0, 0.1) is 19.8 Å². The number of hydrogen-bond acceptors (Lipinski definition) is 8. The largest absolute Gasteiger partial charge is 0.481 e. The number of carboxylic acid groups (broad SMARTS) is 5. The Hall–Kier alpha value is -5.43. The van der Waals surface area contributed by atoms with Crippen LogP contribution in [0.15, 0.2) is 78.9 Å². The topological polar surface area (TPSA) is 214 Å². The molecule has 4 unspecified atom stereocenters. The number of aliphatic carboxylic acids is 5. The number of carboxylic acids is 5. The lowest BCUT2D eigenvalue weighted by atomic mass is 9.77. The molecule has 0 aliphatic heterocycles. The molecule has 13 nitrogen and oxygen atoms in total. The number of hydrogen-bond donors (Lipinski definition) is 5. The molecule has 5 atom stereocenters. The van der Waals surface area contributed by atoms with E-state index in [1.165, 1.54) is 66.7 Å². The third-order valence-corrected chi connectivity index (χ3v) is 6.41. The predicted octanol–water partition coefficient (Wildman–Crippen LogP) is 2.82. The van der Waals surface area contributed by atoms with Gasteiger partial charge in [0.15, 0.2) is 0 Å². The summed E-state index contributed by atoms with van der Waals surface area (Å²) < 4.78 is 16.4. The lowest BCUT2D eigenvalue weighted by Gasteiger charge is -2.39. The van der Waals surface area contributed by atoms with E-state index in [2.05, 4.69) is 0 Å². The summed E-state index contributed by atoms with van der Waals surface area (Å²) in [4.78, 5) is 63.2. The molecule has 0 aliphatic carbocycles. The fourth-order valence-corrected chi connectivity index (χ4v) is 4.30. The standard InChI is InChI=1S/C30H28O13/c1-16-8-12-19(13-9-16)41-22(26(33)34)21(25(31)32)30(29(39)40,18-6-4-3-5-7-18)43-24(28(37)38)23(27(35)36)42-20-14-10-17(2)11-15-20/h3-15,21-24H,1-2H3,(H,31,32)(H,33,34)(H,35,36)(H,37,38)(H,39,40)/t21?,22?,23?,24?,30-/m1/s1. The Morgan fingerprint density at radius 3 is 1.35 bits per heavy atom. The summed E-state index contributed by atoms with van der Waals surface area (Å²) in [5.41, 5.74) is -2.33. The summed E-state index contributed by atoms with van der Waals surface area (Å²) in [5.74, 6) is -13.0. The maximum absolute atomic E-state index is 13.1. The molecule has 13 heteroatoms. The second-order valence-corrected chi connectivity index (χ2v) is 9.48. The van der Waals surface area contributed by atoms with Gasteiger partial charge in [-0.05, 0) is 43.7 Å². The average molecular weight is 597 g/mol. The minimum atomic E-state index is -3.34. The van der Waals surface area contributed by atoms with E-state index >= 15 is 0 Å². The van der Waals surface area contributed by atoms with E-state index in [1.54, 1.807) is 13.8 Å². The summed E-state index contributed by atoms with van der Waals surface area (Å²) >= 11 is 0. The molecule has 0 aliphatic rings. The first-order valence-corrected chi connectivity index (χ1v) is 12.6. The molecule has 0 spiro atoms. The van der Waals surface area contributed by atoms with Crippen LogP contribution in [0.4, 0.5) is 0 Å². The van der Waals surface area contributed by atoms with Crippen LogP contribution in [0.5, 0.6) is 11.5 Å². The molecule has 0 saturated carbocycles. The van der Waals surface area contributed by atoms with Crippen molar-refractivity contribution in [1.82, 2.24) is 0 Å². The Bertz CT molecular complexity index is 1470. The Morgan fingerprint density at radius 1 is 0.558 bits per heavy atom. The van der Waals surface area contributed by atoms with Gasteiger partial charge in [0.25, 0.3) is 0 Å². The number of benzene rings is 3. The number of carbonyl (C=O) groups is 5. The van der Waals surface area contributed by atoms with Crippen LogP contribution in [0.1, 0.15) is 16.7 Å². The van der Waals surface area contributed by atoms with E-state index in [-0.39, 0.29) is 11.5 Å². The molecule has 43 heavy (non-hydrogen) atoms. The normalized spacial score (nSPS) is 15.1. The Labute approximate surface area is 244 Å². The lowest BCUT2D eigenvalue weighted by Crippen LogP contribution is -2.60. The first kappa shape index (κ1) is 32.1. The first-order chi connectivity index (χ1) is 20.3. The molecular formula is C30H28O13. The monoisotopic (exact) mass is 596 g/mol. The van der Waals surface area contributed by atoms with Crippen LogP contribution in [-0.4, -0.2) is 73.7 Å². The smallest absolute Gasteiger partial charge is 0.348 e. The molecular weight excluding hydrogens is 568 g/mol. The van der Waals surface area contributed by atoms with Crippen molar-refractivity contribution in [3.8, 4) is 11.5 Å². The van der Waals surface area contributed by atoms with Crippen molar-refractivity contribution in [3.05, 3.63) is 95.6 Å². The fourth-order valence-electron chi connectivity index (χ4n) is 4.30. The van der Waals surface area contributed by atoms with Crippen molar-refractivity contribution in [2.75, 3.05) is 0 Å². The molecule has 3 aromatic rings. The second kappa shape index (κ2) is 13.5. The van der Waals surface area contributed by atoms with Crippen molar-refractivity contribution in [3.63, 3.8) is 0 Å². The van der Waals surface area contributed by atoms with Gasteiger partial charge in [0, 0.05) is 0 Å². The molecule has 0 fully saturated rings. The molecule has 0 heterocycles. The van der Waals surface area contributed by atoms with Gasteiger partial charge >= 0.3 is 29.8 Å². The van der Waals surface area contributed by atoms with Gasteiger partial charge in [0.1, 0.15) is 17.4 Å². The van der Waals surface area contributed by atoms with Crippen molar-refractivity contribution >= 4 is 29.8 Å². The SMILES string of the molecule is Cc1ccc(OC(C(=O)O)C(O[C@](C(=O)O)(c2ccccc2)C(C(=O)O)C(Oc2ccc(C)cc2)C(=O)O)C(=O)O)cc1. The summed E-state index contributed by atoms with van der Waals surface area (Å²) in [5, 5.41) is 51.0. The van der Waals surface area contributed by atoms with Crippen molar-refractivity contribution < 1.29 is 63.7 Å². The zero-order valence-corrected chi connectivity index (χ0v) is 22.8. The Balaban J connectivity index is 2.25. The highest BCUT2D eigenvalue weighted by Crippen LogP contribution is 2.40. The zero-order chi connectivity index (χ0) is 31.9. The van der Waals surface area contributed by atoms with Crippen molar-refractivity contribution in [2.45, 2.75) is 37.8 Å². The Morgan fingerprint density at radius 2 is 0.977 bits per heavy atom. The van der Waals surface area contributed by atoms with Gasteiger partial charge in [0.05, 0.1) is 0 Å². The number of aryl methyl sites for hydroxylation is 2. The molecule has 226 valence electrons. The molecule has 3 rings (SSSR count). The molecule has 3 aromatic carbocycles. The van der Waals surface area contributed by atoms with Gasteiger partial charge in [-0.3, -0.25) is 4.79 Å². The minimum absolute atomic E-state index is 0.116. The number of rotatable bonds is 15. The second-order valence-electron chi connectivity index (χ2n) is 9.48. The van der Waals surface area contributed by atoms with Crippen molar-refractivity contribution in [1.29, 1.82) is 0 Å². The zero-order valence-electron chi connectivity index (χ0n) is 22.8. The third-order valence-electron chi connectivity index (χ3n) is 6.41. The van der Waals surface area contributed by atoms with E-state index < -0.39 is 65.2 Å². The molecule has 0 bridgehead atoms. The quantitative estimate of drug-likeness (QED) is 0.171.